The van der Waals surface area contributed by atoms with Gasteiger partial charge in [-0.15, -0.1) is 11.6 Å². The van der Waals surface area contributed by atoms with E-state index in [9.17, 15) is 24.3 Å². The molecule has 2 rings (SSSR count). The standard InChI is InChI=1S/C30H42ClN3O8/c1-16-12-20-25(33-11-10-31)22(35)15-21(27(20)37)34-29(38)17(2)8-7-9-23(40-5)28(42-30(32)39)19(4)14-18(3)26(36)24(13-16)41-6/h7-9,14-16,18,23-24,26,28,33,36H,10-13H2,1-6H3,(H2,32,39)(H,34,38)/b9-7-,17-8-,19-14-/t16-,18+,23+,24-,26+,28-/m0/s1. The van der Waals surface area contributed by atoms with Crippen LogP contribution < -0.4 is 16.4 Å². The number of allylic oxidation sites excluding steroid dienone is 4. The molecule has 0 saturated carbocycles. The number of methoxy groups -OCH3 is 2. The number of nitrogens with two attached hydrogens (primary N) is 1. The van der Waals surface area contributed by atoms with Crippen molar-refractivity contribution in [2.75, 3.05) is 26.6 Å². The number of hydrogen-bond acceptors (Lipinski definition) is 9. The zero-order valence-electron chi connectivity index (χ0n) is 24.9. The Bertz CT molecular complexity index is 1190. The van der Waals surface area contributed by atoms with Crippen molar-refractivity contribution in [1.29, 1.82) is 0 Å². The van der Waals surface area contributed by atoms with Crippen LogP contribution in [-0.2, 0) is 28.6 Å². The molecule has 1 heterocycles. The van der Waals surface area contributed by atoms with Crippen molar-refractivity contribution in [2.24, 2.45) is 17.6 Å². The number of ketones is 2. The highest BCUT2D eigenvalue weighted by atomic mass is 35.5. The van der Waals surface area contributed by atoms with Gasteiger partial charge >= 0.3 is 6.09 Å². The first-order valence-corrected chi connectivity index (χ1v) is 14.3. The van der Waals surface area contributed by atoms with Crippen molar-refractivity contribution in [3.63, 3.8) is 0 Å². The molecule has 6 atom stereocenters. The van der Waals surface area contributed by atoms with Gasteiger partial charge in [-0.25, -0.2) is 4.79 Å². The molecule has 2 aliphatic rings. The number of carbonyl (C=O) groups is 4. The second-order valence-electron chi connectivity index (χ2n) is 10.5. The minimum Gasteiger partial charge on any atom is -0.439 e. The van der Waals surface area contributed by atoms with E-state index >= 15 is 0 Å². The Hall–Kier alpha value is -3.25. The third-order valence-corrected chi connectivity index (χ3v) is 7.38. The molecule has 0 radical (unpaired) electrons. The van der Waals surface area contributed by atoms with Crippen LogP contribution in [0.25, 0.3) is 0 Å². The van der Waals surface area contributed by atoms with Gasteiger partial charge in [0.1, 0.15) is 6.10 Å². The van der Waals surface area contributed by atoms with E-state index in [2.05, 4.69) is 10.6 Å². The van der Waals surface area contributed by atoms with Gasteiger partial charge in [-0.2, -0.15) is 0 Å². The van der Waals surface area contributed by atoms with E-state index in [-0.39, 0.29) is 47.3 Å². The molecule has 232 valence electrons. The molecule has 0 spiro atoms. The van der Waals surface area contributed by atoms with Crippen LogP contribution in [0.2, 0.25) is 0 Å². The summed E-state index contributed by atoms with van der Waals surface area (Å²) in [4.78, 5) is 51.3. The molecule has 5 N–H and O–H groups in total. The van der Waals surface area contributed by atoms with E-state index < -0.39 is 53.9 Å². The quantitative estimate of drug-likeness (QED) is 0.202. The van der Waals surface area contributed by atoms with E-state index in [4.69, 9.17) is 31.5 Å². The molecule has 0 saturated heterocycles. The number of nitrogens with one attached hydrogen (secondary N) is 2. The highest BCUT2D eigenvalue weighted by Gasteiger charge is 2.33. The molecular weight excluding hydrogens is 566 g/mol. The van der Waals surface area contributed by atoms with Crippen LogP contribution in [0.15, 0.2) is 58.5 Å². The van der Waals surface area contributed by atoms with Gasteiger partial charge in [0.25, 0.3) is 5.91 Å². The zero-order chi connectivity index (χ0) is 31.6. The first-order valence-electron chi connectivity index (χ1n) is 13.7. The average molecular weight is 608 g/mol. The van der Waals surface area contributed by atoms with E-state index in [1.54, 1.807) is 39.0 Å². The number of amides is 2. The normalized spacial score (nSPS) is 31.7. The summed E-state index contributed by atoms with van der Waals surface area (Å²) in [6, 6.07) is 0. The lowest BCUT2D eigenvalue weighted by Crippen LogP contribution is -2.38. The molecule has 2 bridgehead atoms. The van der Waals surface area contributed by atoms with Crippen LogP contribution in [0.3, 0.4) is 0 Å². The Labute approximate surface area is 251 Å². The molecule has 0 fully saturated rings. The number of halogens is 1. The highest BCUT2D eigenvalue weighted by Crippen LogP contribution is 2.28. The Morgan fingerprint density at radius 1 is 1.19 bits per heavy atom. The summed E-state index contributed by atoms with van der Waals surface area (Å²) in [5.41, 5.74) is 6.38. The largest absolute Gasteiger partial charge is 0.439 e. The molecule has 0 aromatic rings. The van der Waals surface area contributed by atoms with Crippen LogP contribution in [0, 0.1) is 11.8 Å². The summed E-state index contributed by atoms with van der Waals surface area (Å²) in [5.74, 6) is -1.96. The lowest BCUT2D eigenvalue weighted by Gasteiger charge is -2.30. The molecule has 1 aliphatic carbocycles. The van der Waals surface area contributed by atoms with Gasteiger partial charge in [0, 0.05) is 49.8 Å². The number of Topliss-reactive ketones (excluding diaryl/α,β-unsaturated/α-hetero) is 1. The number of hydrogen-bond donors (Lipinski definition) is 4. The SMILES string of the molecule is CO[C@H]1C[C@@H](C)CC2=C(NCCCl)C(=O)C=C(NC(=O)/C(C)=C\C=C/[C@@H](OC)[C@@H](OC(N)=O)/C(C)=C\[C@@H](C)[C@H]1O)C2=O. The molecule has 1 aliphatic heterocycles. The van der Waals surface area contributed by atoms with Gasteiger partial charge in [0.2, 0.25) is 11.6 Å². The van der Waals surface area contributed by atoms with Crippen molar-refractivity contribution in [2.45, 2.75) is 65.0 Å². The van der Waals surface area contributed by atoms with Crippen LogP contribution in [-0.4, -0.2) is 79.7 Å². The minimum atomic E-state index is -1.00. The first-order chi connectivity index (χ1) is 19.8. The highest BCUT2D eigenvalue weighted by molar-refractivity contribution is 6.23. The Morgan fingerprint density at radius 3 is 2.48 bits per heavy atom. The number of fused-ring (bicyclic) bond motifs is 2. The zero-order valence-corrected chi connectivity index (χ0v) is 25.7. The third-order valence-electron chi connectivity index (χ3n) is 7.19. The number of aliphatic hydroxyl groups is 1. The number of alkyl halides is 1. The van der Waals surface area contributed by atoms with Crippen molar-refractivity contribution < 1.29 is 38.5 Å². The maximum atomic E-state index is 13.5. The maximum absolute atomic E-state index is 13.5. The van der Waals surface area contributed by atoms with Crippen LogP contribution in [0.1, 0.15) is 40.5 Å². The molecule has 12 heteroatoms. The predicted octanol–water partition coefficient (Wildman–Crippen LogP) is 2.59. The van der Waals surface area contributed by atoms with Crippen LogP contribution in [0.4, 0.5) is 4.79 Å². The second-order valence-corrected chi connectivity index (χ2v) is 10.9. The topological polar surface area (TPSA) is 166 Å². The van der Waals surface area contributed by atoms with Crippen molar-refractivity contribution in [1.82, 2.24) is 10.6 Å². The average Bonchev–Trinajstić information content (AvgIpc) is 2.94. The molecule has 2 amide bonds. The Kier molecular flexibility index (Phi) is 13.6. The third kappa shape index (κ3) is 9.38. The molecule has 0 unspecified atom stereocenters. The van der Waals surface area contributed by atoms with Gasteiger partial charge in [0.15, 0.2) is 6.10 Å². The fourth-order valence-corrected chi connectivity index (χ4v) is 5.05. The number of aliphatic hydroxyl groups excluding tert-OH is 1. The van der Waals surface area contributed by atoms with E-state index in [0.717, 1.165) is 6.08 Å². The molecule has 11 nitrogen and oxygen atoms in total. The molecule has 0 aromatic heterocycles. The minimum absolute atomic E-state index is 0.138. The van der Waals surface area contributed by atoms with Gasteiger partial charge in [0.05, 0.1) is 23.6 Å². The van der Waals surface area contributed by atoms with Gasteiger partial charge < -0.3 is 35.7 Å². The maximum Gasteiger partial charge on any atom is 0.405 e. The van der Waals surface area contributed by atoms with Gasteiger partial charge in [-0.3, -0.25) is 14.4 Å². The predicted molar refractivity (Wildman–Crippen MR) is 158 cm³/mol. The summed E-state index contributed by atoms with van der Waals surface area (Å²) < 4.78 is 16.5. The Balaban J connectivity index is 2.61. The van der Waals surface area contributed by atoms with E-state index in [0.29, 0.717) is 12.0 Å². The first kappa shape index (κ1) is 34.9. The van der Waals surface area contributed by atoms with Crippen molar-refractivity contribution >= 4 is 35.2 Å². The number of primary amides is 1. The summed E-state index contributed by atoms with van der Waals surface area (Å²) in [5, 5.41) is 16.7. The number of carbonyl (C=O) groups excluding carboxylic acids is 4. The molecule has 0 aromatic carbocycles. The fourth-order valence-electron chi connectivity index (χ4n) is 4.95. The summed E-state index contributed by atoms with van der Waals surface area (Å²) in [6.45, 7) is 7.22. The van der Waals surface area contributed by atoms with Gasteiger partial charge in [-0.1, -0.05) is 38.2 Å². The lowest BCUT2D eigenvalue weighted by atomic mass is 9.85. The number of ether oxygens (including phenoxy) is 3. The second kappa shape index (κ2) is 16.4. The smallest absolute Gasteiger partial charge is 0.405 e. The van der Waals surface area contributed by atoms with E-state index in [1.165, 1.54) is 20.3 Å². The monoisotopic (exact) mass is 607 g/mol. The Morgan fingerprint density at radius 2 is 1.88 bits per heavy atom. The van der Waals surface area contributed by atoms with E-state index in [1.807, 2.05) is 6.92 Å². The summed E-state index contributed by atoms with van der Waals surface area (Å²) in [7, 11) is 2.91. The van der Waals surface area contributed by atoms with Crippen molar-refractivity contribution in [3.05, 3.63) is 58.5 Å². The van der Waals surface area contributed by atoms with Crippen LogP contribution in [0.5, 0.6) is 0 Å². The van der Waals surface area contributed by atoms with Crippen molar-refractivity contribution in [3.8, 4) is 0 Å². The summed E-state index contributed by atoms with van der Waals surface area (Å²) >= 11 is 5.82. The van der Waals surface area contributed by atoms with Crippen LogP contribution >= 0.6 is 11.6 Å². The number of rotatable bonds is 6. The summed E-state index contributed by atoms with van der Waals surface area (Å²) in [6.07, 6.45) is 3.71. The van der Waals surface area contributed by atoms with Gasteiger partial charge in [-0.05, 0) is 38.2 Å². The lowest BCUT2D eigenvalue weighted by molar-refractivity contribution is -0.120. The molecular formula is C30H42ClN3O8. The fraction of sp³-hybridized carbons (Fsp3) is 0.533. The molecule has 42 heavy (non-hydrogen) atoms.